The summed E-state index contributed by atoms with van der Waals surface area (Å²) in [6.45, 7) is 1.59. The van der Waals surface area contributed by atoms with Crippen LogP contribution in [0, 0.1) is 10.1 Å². The van der Waals surface area contributed by atoms with E-state index in [9.17, 15) is 23.3 Å². The van der Waals surface area contributed by atoms with E-state index >= 15 is 0 Å². The molecular weight excluding hydrogens is 312 g/mol. The van der Waals surface area contributed by atoms with Crippen molar-refractivity contribution >= 4 is 27.3 Å². The molecule has 0 atom stereocenters. The van der Waals surface area contributed by atoms with Crippen LogP contribution in [0.3, 0.4) is 0 Å². The number of benzene rings is 1. The van der Waals surface area contributed by atoms with Gasteiger partial charge in [0.25, 0.3) is 5.69 Å². The largest absolute Gasteiger partial charge is 0.358 e. The van der Waals surface area contributed by atoms with Crippen LogP contribution in [0.15, 0.2) is 58.1 Å². The van der Waals surface area contributed by atoms with E-state index in [1.54, 1.807) is 6.92 Å². The van der Waals surface area contributed by atoms with Crippen molar-refractivity contribution in [2.75, 3.05) is 0 Å². The molecule has 0 N–H and O–H groups in total. The van der Waals surface area contributed by atoms with Gasteiger partial charge in [0.2, 0.25) is 0 Å². The molecule has 1 aliphatic rings. The first kappa shape index (κ1) is 15.6. The molecule has 0 radical (unpaired) electrons. The second-order valence-electron chi connectivity index (χ2n) is 4.32. The van der Waals surface area contributed by atoms with Gasteiger partial charge < -0.3 is 0 Å². The maximum Gasteiger partial charge on any atom is 0.358 e. The Labute approximate surface area is 125 Å². The summed E-state index contributed by atoms with van der Waals surface area (Å²) in [7, 11) is -4.20. The zero-order chi connectivity index (χ0) is 16.3. The molecule has 22 heavy (non-hydrogen) atoms. The number of allylic oxidation sites excluding steroid dienone is 4. The number of nitro groups is 1. The van der Waals surface area contributed by atoms with Crippen molar-refractivity contribution in [2.45, 2.75) is 11.8 Å². The Kier molecular flexibility index (Phi) is 4.18. The van der Waals surface area contributed by atoms with Crippen molar-refractivity contribution in [2.24, 2.45) is 5.16 Å². The second kappa shape index (κ2) is 5.90. The summed E-state index contributed by atoms with van der Waals surface area (Å²) in [5, 5.41) is 14.0. The minimum absolute atomic E-state index is 0.199. The summed E-state index contributed by atoms with van der Waals surface area (Å²) < 4.78 is 28.4. The Balaban J connectivity index is 2.21. The van der Waals surface area contributed by atoms with Gasteiger partial charge in [-0.3, -0.25) is 19.2 Å². The molecule has 1 aromatic rings. The van der Waals surface area contributed by atoms with Crippen LogP contribution < -0.4 is 0 Å². The molecule has 0 aromatic heterocycles. The van der Waals surface area contributed by atoms with E-state index in [1.165, 1.54) is 18.2 Å². The first-order valence-electron chi connectivity index (χ1n) is 5.96. The average molecular weight is 322 g/mol. The zero-order valence-corrected chi connectivity index (χ0v) is 12.1. The molecule has 114 valence electrons. The Morgan fingerprint density at radius 1 is 1.18 bits per heavy atom. The maximum absolute atomic E-state index is 11.9. The quantitative estimate of drug-likeness (QED) is 0.473. The number of ketones is 1. The smallest absolute Gasteiger partial charge is 0.290 e. The van der Waals surface area contributed by atoms with Crippen LogP contribution in [0.25, 0.3) is 0 Å². The minimum atomic E-state index is -4.20. The number of oxime groups is 1. The van der Waals surface area contributed by atoms with E-state index in [2.05, 4.69) is 9.44 Å². The highest BCUT2D eigenvalue weighted by Gasteiger charge is 2.18. The molecule has 0 amide bonds. The summed E-state index contributed by atoms with van der Waals surface area (Å²) in [5.41, 5.74) is 0.425. The number of carbonyl (C=O) groups excluding carboxylic acids is 1. The molecule has 2 rings (SSSR count). The number of rotatable bonds is 4. The lowest BCUT2D eigenvalue weighted by Crippen LogP contribution is -2.09. The number of hydrogen-bond donors (Lipinski definition) is 0. The van der Waals surface area contributed by atoms with Gasteiger partial charge in [-0.1, -0.05) is 5.16 Å². The van der Waals surface area contributed by atoms with Gasteiger partial charge in [-0.25, -0.2) is 0 Å². The predicted octanol–water partition coefficient (Wildman–Crippen LogP) is 1.74. The third kappa shape index (κ3) is 3.44. The van der Waals surface area contributed by atoms with E-state index in [0.717, 1.165) is 24.3 Å². The molecule has 0 saturated carbocycles. The van der Waals surface area contributed by atoms with Crippen LogP contribution in [0.5, 0.6) is 0 Å². The lowest BCUT2D eigenvalue weighted by Gasteiger charge is -2.06. The van der Waals surface area contributed by atoms with Gasteiger partial charge in [0, 0.05) is 12.1 Å². The molecular formula is C13H10N2O6S. The summed E-state index contributed by atoms with van der Waals surface area (Å²) in [6.07, 6.45) is 3.86. The van der Waals surface area contributed by atoms with Gasteiger partial charge in [-0.2, -0.15) is 8.42 Å². The van der Waals surface area contributed by atoms with Crippen LogP contribution in [-0.2, 0) is 19.2 Å². The zero-order valence-electron chi connectivity index (χ0n) is 11.3. The van der Waals surface area contributed by atoms with Crippen molar-refractivity contribution in [3.63, 3.8) is 0 Å². The van der Waals surface area contributed by atoms with Crippen molar-refractivity contribution in [3.05, 3.63) is 58.2 Å². The summed E-state index contributed by atoms with van der Waals surface area (Å²) in [6, 6.07) is 4.20. The molecule has 9 heteroatoms. The van der Waals surface area contributed by atoms with Crippen molar-refractivity contribution < 1.29 is 22.4 Å². The van der Waals surface area contributed by atoms with Gasteiger partial charge in [-0.05, 0) is 42.9 Å². The Morgan fingerprint density at radius 3 is 2.36 bits per heavy atom. The SMILES string of the molecule is CC1=CC(=O)C=CC1=NOS(=O)(=O)c1ccc([N+](=O)[O-])cc1. The van der Waals surface area contributed by atoms with Crippen LogP contribution in [0.2, 0.25) is 0 Å². The number of hydrogen-bond acceptors (Lipinski definition) is 7. The Hall–Kier alpha value is -2.81. The Morgan fingerprint density at radius 2 is 1.82 bits per heavy atom. The lowest BCUT2D eigenvalue weighted by molar-refractivity contribution is -0.384. The first-order chi connectivity index (χ1) is 10.3. The molecule has 0 fully saturated rings. The van der Waals surface area contributed by atoms with Crippen LogP contribution in [-0.4, -0.2) is 24.8 Å². The van der Waals surface area contributed by atoms with Crippen LogP contribution in [0.1, 0.15) is 6.92 Å². The monoisotopic (exact) mass is 322 g/mol. The normalized spacial score (nSPS) is 16.5. The first-order valence-corrected chi connectivity index (χ1v) is 7.37. The van der Waals surface area contributed by atoms with Gasteiger partial charge in [0.15, 0.2) is 5.78 Å². The highest BCUT2D eigenvalue weighted by Crippen LogP contribution is 2.18. The number of nitro benzene ring substituents is 1. The fraction of sp³-hybridized carbons (Fsp3) is 0.0769. The molecule has 8 nitrogen and oxygen atoms in total. The summed E-state index contributed by atoms with van der Waals surface area (Å²) >= 11 is 0. The van der Waals surface area contributed by atoms with Crippen molar-refractivity contribution in [1.29, 1.82) is 0 Å². The maximum atomic E-state index is 11.9. The standard InChI is InChI=1S/C13H10N2O6S/c1-9-8-11(16)4-7-13(9)14-21-22(19,20)12-5-2-10(3-6-12)15(17)18/h2-8H,1H3. The van der Waals surface area contributed by atoms with Gasteiger partial charge >= 0.3 is 10.1 Å². The Bertz CT molecular complexity index is 819. The molecule has 0 unspecified atom stereocenters. The third-order valence-electron chi connectivity index (χ3n) is 2.74. The molecule has 1 aliphatic carbocycles. The molecule has 0 saturated heterocycles. The summed E-state index contributed by atoms with van der Waals surface area (Å²) in [5.74, 6) is -0.227. The van der Waals surface area contributed by atoms with E-state index in [4.69, 9.17) is 0 Å². The fourth-order valence-electron chi connectivity index (χ4n) is 1.60. The van der Waals surface area contributed by atoms with Gasteiger partial charge in [0.05, 0.1) is 4.92 Å². The van der Waals surface area contributed by atoms with E-state index in [1.807, 2.05) is 0 Å². The lowest BCUT2D eigenvalue weighted by atomic mass is 10.1. The highest BCUT2D eigenvalue weighted by atomic mass is 32.2. The molecule has 0 heterocycles. The van der Waals surface area contributed by atoms with E-state index in [-0.39, 0.29) is 22.1 Å². The molecule has 0 aliphatic heterocycles. The number of non-ortho nitro benzene ring substituents is 1. The predicted molar refractivity (Wildman–Crippen MR) is 76.7 cm³/mol. The van der Waals surface area contributed by atoms with Crippen LogP contribution >= 0.6 is 0 Å². The second-order valence-corrected chi connectivity index (χ2v) is 5.85. The fourth-order valence-corrected chi connectivity index (χ4v) is 2.33. The number of nitrogens with zero attached hydrogens (tertiary/aromatic N) is 2. The van der Waals surface area contributed by atoms with Crippen LogP contribution in [0.4, 0.5) is 5.69 Å². The van der Waals surface area contributed by atoms with Crippen molar-refractivity contribution in [3.8, 4) is 0 Å². The van der Waals surface area contributed by atoms with E-state index < -0.39 is 15.0 Å². The molecule has 1 aromatic carbocycles. The minimum Gasteiger partial charge on any atom is -0.290 e. The van der Waals surface area contributed by atoms with E-state index in [0.29, 0.717) is 5.57 Å². The average Bonchev–Trinajstić information content (AvgIpc) is 2.46. The topological polar surface area (TPSA) is 116 Å². The molecule has 0 spiro atoms. The van der Waals surface area contributed by atoms with Gasteiger partial charge in [-0.15, -0.1) is 0 Å². The third-order valence-corrected chi connectivity index (χ3v) is 3.86. The highest BCUT2D eigenvalue weighted by molar-refractivity contribution is 7.86. The van der Waals surface area contributed by atoms with Gasteiger partial charge in [0.1, 0.15) is 10.6 Å². The molecule has 0 bridgehead atoms. The number of carbonyl (C=O) groups is 1. The summed E-state index contributed by atoms with van der Waals surface area (Å²) in [4.78, 5) is 20.7. The van der Waals surface area contributed by atoms with Crippen molar-refractivity contribution in [1.82, 2.24) is 0 Å².